The van der Waals surface area contributed by atoms with Crippen LogP contribution in [0.25, 0.3) is 6.08 Å². The van der Waals surface area contributed by atoms with Gasteiger partial charge < -0.3 is 0 Å². The second-order valence-corrected chi connectivity index (χ2v) is 3.71. The standard InChI is InChI=1S/C17H18/c1-3-5-6-7-8-9-12-17-14-10-13-16(15-17)11-4-2/h3,7-10,12-15H,1,4,11H2,2H3/b8-7+,12-9+. The van der Waals surface area contributed by atoms with Gasteiger partial charge in [0, 0.05) is 0 Å². The first-order chi connectivity index (χ1) is 8.36. The maximum Gasteiger partial charge on any atom is -0.0115 e. The van der Waals surface area contributed by atoms with E-state index < -0.39 is 0 Å². The van der Waals surface area contributed by atoms with Crippen LogP contribution in [-0.4, -0.2) is 0 Å². The van der Waals surface area contributed by atoms with E-state index in [1.54, 1.807) is 6.08 Å². The molecule has 0 aliphatic rings. The second kappa shape index (κ2) is 8.19. The lowest BCUT2D eigenvalue weighted by Crippen LogP contribution is -1.82. The third kappa shape index (κ3) is 5.58. The molecule has 0 amide bonds. The molecule has 0 aromatic heterocycles. The highest BCUT2D eigenvalue weighted by Crippen LogP contribution is 2.09. The fourth-order valence-electron chi connectivity index (χ4n) is 1.52. The molecule has 1 rings (SSSR count). The van der Waals surface area contributed by atoms with Crippen molar-refractivity contribution in [2.24, 2.45) is 0 Å². The zero-order valence-electron chi connectivity index (χ0n) is 10.3. The van der Waals surface area contributed by atoms with Gasteiger partial charge in [-0.25, -0.2) is 0 Å². The van der Waals surface area contributed by atoms with Crippen molar-refractivity contribution in [3.05, 3.63) is 66.3 Å². The van der Waals surface area contributed by atoms with Crippen LogP contribution in [0, 0.1) is 11.8 Å². The third-order valence-corrected chi connectivity index (χ3v) is 2.25. The largest absolute Gasteiger partial charge is 0.0906 e. The fourth-order valence-corrected chi connectivity index (χ4v) is 1.52. The van der Waals surface area contributed by atoms with Crippen molar-refractivity contribution in [3.63, 3.8) is 0 Å². The molecule has 0 heterocycles. The summed E-state index contributed by atoms with van der Waals surface area (Å²) in [7, 11) is 0. The van der Waals surface area contributed by atoms with E-state index >= 15 is 0 Å². The van der Waals surface area contributed by atoms with E-state index in [2.05, 4.69) is 55.7 Å². The molecule has 1 aromatic carbocycles. The predicted molar refractivity (Wildman–Crippen MR) is 76.6 cm³/mol. The molecule has 0 atom stereocenters. The van der Waals surface area contributed by atoms with Gasteiger partial charge in [0.1, 0.15) is 0 Å². The number of aryl methyl sites for hydroxylation is 1. The fraction of sp³-hybridized carbons (Fsp3) is 0.176. The molecule has 17 heavy (non-hydrogen) atoms. The SMILES string of the molecule is C=CC#C/C=C/C=C/c1cccc(CCC)c1. The highest BCUT2D eigenvalue weighted by atomic mass is 14.0. The monoisotopic (exact) mass is 222 g/mol. The minimum atomic E-state index is 1.14. The van der Waals surface area contributed by atoms with E-state index in [-0.39, 0.29) is 0 Å². The van der Waals surface area contributed by atoms with Crippen LogP contribution in [0.4, 0.5) is 0 Å². The first-order valence-electron chi connectivity index (χ1n) is 5.91. The van der Waals surface area contributed by atoms with Crippen molar-refractivity contribution in [2.75, 3.05) is 0 Å². The Labute approximate surface area is 104 Å². The molecular weight excluding hydrogens is 204 g/mol. The summed E-state index contributed by atoms with van der Waals surface area (Å²) in [6.45, 7) is 5.73. The van der Waals surface area contributed by atoms with E-state index in [0.717, 1.165) is 6.42 Å². The smallest absolute Gasteiger partial charge is 0.0115 e. The summed E-state index contributed by atoms with van der Waals surface area (Å²) in [5, 5.41) is 0. The van der Waals surface area contributed by atoms with E-state index in [0.29, 0.717) is 0 Å². The summed E-state index contributed by atoms with van der Waals surface area (Å²) in [4.78, 5) is 0. The van der Waals surface area contributed by atoms with E-state index in [1.165, 1.54) is 17.5 Å². The van der Waals surface area contributed by atoms with Crippen molar-refractivity contribution in [3.8, 4) is 11.8 Å². The Morgan fingerprint density at radius 1 is 1.24 bits per heavy atom. The number of allylic oxidation sites excluding steroid dienone is 4. The Balaban J connectivity index is 2.61. The van der Waals surface area contributed by atoms with Gasteiger partial charge in [0.2, 0.25) is 0 Å². The highest BCUT2D eigenvalue weighted by molar-refractivity contribution is 5.52. The average Bonchev–Trinajstić information content (AvgIpc) is 2.35. The number of rotatable bonds is 4. The maximum absolute atomic E-state index is 3.53. The maximum atomic E-state index is 3.53. The molecule has 0 heteroatoms. The van der Waals surface area contributed by atoms with Gasteiger partial charge in [-0.2, -0.15) is 0 Å². The van der Waals surface area contributed by atoms with Gasteiger partial charge in [-0.3, -0.25) is 0 Å². The van der Waals surface area contributed by atoms with Crippen LogP contribution in [0.15, 0.2) is 55.1 Å². The molecule has 0 bridgehead atoms. The first kappa shape index (κ1) is 13.1. The van der Waals surface area contributed by atoms with Crippen LogP contribution >= 0.6 is 0 Å². The van der Waals surface area contributed by atoms with Gasteiger partial charge in [0.05, 0.1) is 0 Å². The second-order valence-electron chi connectivity index (χ2n) is 3.71. The van der Waals surface area contributed by atoms with Crippen LogP contribution < -0.4 is 0 Å². The lowest BCUT2D eigenvalue weighted by Gasteiger charge is -1.99. The summed E-state index contributed by atoms with van der Waals surface area (Å²) in [5.74, 6) is 5.62. The minimum absolute atomic E-state index is 1.14. The summed E-state index contributed by atoms with van der Waals surface area (Å²) >= 11 is 0. The lowest BCUT2D eigenvalue weighted by molar-refractivity contribution is 0.921. The Bertz CT molecular complexity index is 464. The number of hydrogen-bond acceptors (Lipinski definition) is 0. The van der Waals surface area contributed by atoms with E-state index in [4.69, 9.17) is 0 Å². The van der Waals surface area contributed by atoms with Crippen LogP contribution in [0.1, 0.15) is 24.5 Å². The van der Waals surface area contributed by atoms with Crippen molar-refractivity contribution < 1.29 is 0 Å². The van der Waals surface area contributed by atoms with Crippen LogP contribution in [0.5, 0.6) is 0 Å². The zero-order valence-corrected chi connectivity index (χ0v) is 10.3. The molecule has 86 valence electrons. The molecule has 0 spiro atoms. The first-order valence-corrected chi connectivity index (χ1v) is 5.91. The van der Waals surface area contributed by atoms with E-state index in [9.17, 15) is 0 Å². The summed E-state index contributed by atoms with van der Waals surface area (Å²) in [6.07, 6.45) is 11.7. The molecule has 0 aliphatic carbocycles. The highest BCUT2D eigenvalue weighted by Gasteiger charge is 1.91. The van der Waals surface area contributed by atoms with Crippen LogP contribution in [0.3, 0.4) is 0 Å². The minimum Gasteiger partial charge on any atom is -0.0906 e. The van der Waals surface area contributed by atoms with Gasteiger partial charge in [0.25, 0.3) is 0 Å². The third-order valence-electron chi connectivity index (χ3n) is 2.25. The van der Waals surface area contributed by atoms with Crippen molar-refractivity contribution in [1.29, 1.82) is 0 Å². The summed E-state index contributed by atoms with van der Waals surface area (Å²) < 4.78 is 0. The normalized spacial score (nSPS) is 10.4. The van der Waals surface area contributed by atoms with Crippen molar-refractivity contribution >= 4 is 6.08 Å². The molecule has 1 aromatic rings. The van der Waals surface area contributed by atoms with Crippen LogP contribution in [-0.2, 0) is 6.42 Å². The molecule has 0 fully saturated rings. The summed E-state index contributed by atoms with van der Waals surface area (Å²) in [6, 6.07) is 8.61. The van der Waals surface area contributed by atoms with Crippen LogP contribution in [0.2, 0.25) is 0 Å². The molecule has 0 saturated heterocycles. The van der Waals surface area contributed by atoms with Crippen molar-refractivity contribution in [2.45, 2.75) is 19.8 Å². The Hall–Kier alpha value is -2.00. The Morgan fingerprint density at radius 2 is 2.12 bits per heavy atom. The number of hydrogen-bond donors (Lipinski definition) is 0. The molecule has 0 nitrogen and oxygen atoms in total. The Morgan fingerprint density at radius 3 is 2.88 bits per heavy atom. The molecule has 0 saturated carbocycles. The molecule has 0 N–H and O–H groups in total. The molecule has 0 aliphatic heterocycles. The van der Waals surface area contributed by atoms with Gasteiger partial charge in [-0.05, 0) is 29.7 Å². The lowest BCUT2D eigenvalue weighted by atomic mass is 10.1. The van der Waals surface area contributed by atoms with Gasteiger partial charge in [-0.15, -0.1) is 0 Å². The Kier molecular flexibility index (Phi) is 6.29. The topological polar surface area (TPSA) is 0 Å². The predicted octanol–water partition coefficient (Wildman–Crippen LogP) is 4.40. The average molecular weight is 222 g/mol. The quantitative estimate of drug-likeness (QED) is 0.523. The number of benzene rings is 1. The van der Waals surface area contributed by atoms with Gasteiger partial charge in [-0.1, -0.05) is 74.3 Å². The van der Waals surface area contributed by atoms with Crippen molar-refractivity contribution in [1.82, 2.24) is 0 Å². The summed E-state index contributed by atoms with van der Waals surface area (Å²) in [5.41, 5.74) is 2.63. The van der Waals surface area contributed by atoms with Gasteiger partial charge in [0.15, 0.2) is 0 Å². The van der Waals surface area contributed by atoms with E-state index in [1.807, 2.05) is 18.2 Å². The molecular formula is C17H18. The molecule has 0 unspecified atom stereocenters. The zero-order chi connectivity index (χ0) is 12.3. The van der Waals surface area contributed by atoms with Gasteiger partial charge >= 0.3 is 0 Å². The molecule has 0 radical (unpaired) electrons.